The molecule has 3 aromatic carbocycles. The third-order valence-corrected chi connectivity index (χ3v) is 5.16. The number of anilines is 2. The number of aromatic nitrogens is 1. The minimum Gasteiger partial charge on any atom is -0.494 e. The van der Waals surface area contributed by atoms with Gasteiger partial charge in [-0.05, 0) is 87.5 Å². The van der Waals surface area contributed by atoms with Gasteiger partial charge in [0, 0.05) is 40.2 Å². The van der Waals surface area contributed by atoms with Gasteiger partial charge in [0.25, 0.3) is 0 Å². The molecule has 0 aliphatic rings. The van der Waals surface area contributed by atoms with E-state index in [-0.39, 0.29) is 0 Å². The lowest BCUT2D eigenvalue weighted by atomic mass is 10.2. The molecule has 156 valence electrons. The number of hydrogen-bond acceptors (Lipinski definition) is 3. The lowest BCUT2D eigenvalue weighted by Gasteiger charge is -2.11. The summed E-state index contributed by atoms with van der Waals surface area (Å²) in [6, 6.07) is 28.6. The van der Waals surface area contributed by atoms with Crippen molar-refractivity contribution in [2.45, 2.75) is 20.8 Å². The minimum absolute atomic E-state index is 0.671. The summed E-state index contributed by atoms with van der Waals surface area (Å²) in [4.78, 5) is 4.69. The van der Waals surface area contributed by atoms with E-state index in [1.807, 2.05) is 79.9 Å². The van der Waals surface area contributed by atoms with Gasteiger partial charge in [-0.2, -0.15) is 0 Å². The van der Waals surface area contributed by atoms with Crippen LogP contribution in [-0.2, 0) is 0 Å². The zero-order valence-electron chi connectivity index (χ0n) is 18.2. The van der Waals surface area contributed by atoms with Crippen LogP contribution in [0.5, 0.6) is 5.75 Å². The summed E-state index contributed by atoms with van der Waals surface area (Å²) in [7, 11) is 0. The van der Waals surface area contributed by atoms with Crippen LogP contribution in [0.25, 0.3) is 5.69 Å². The highest BCUT2D eigenvalue weighted by Gasteiger charge is 2.09. The normalized spacial score (nSPS) is 11.1. The SMILES string of the molecule is CCOc1ccc(-n2c(C)cc(C=Nc3ccc(Nc4ccccc4)cc3)c2C)cc1. The van der Waals surface area contributed by atoms with Crippen LogP contribution in [0.15, 0.2) is 89.9 Å². The summed E-state index contributed by atoms with van der Waals surface area (Å²) >= 11 is 0. The smallest absolute Gasteiger partial charge is 0.119 e. The minimum atomic E-state index is 0.671. The van der Waals surface area contributed by atoms with E-state index in [0.29, 0.717) is 6.61 Å². The Balaban J connectivity index is 1.50. The van der Waals surface area contributed by atoms with E-state index >= 15 is 0 Å². The number of nitrogens with one attached hydrogen (secondary N) is 1. The summed E-state index contributed by atoms with van der Waals surface area (Å²) in [6.45, 7) is 6.90. The first kappa shape index (κ1) is 20.5. The van der Waals surface area contributed by atoms with Crippen molar-refractivity contribution < 1.29 is 4.74 Å². The van der Waals surface area contributed by atoms with Crippen LogP contribution in [-0.4, -0.2) is 17.4 Å². The average molecular weight is 410 g/mol. The van der Waals surface area contributed by atoms with Crippen molar-refractivity contribution in [2.24, 2.45) is 4.99 Å². The first-order valence-electron chi connectivity index (χ1n) is 10.5. The zero-order chi connectivity index (χ0) is 21.6. The number of hydrogen-bond donors (Lipinski definition) is 1. The Bertz CT molecular complexity index is 1160. The lowest BCUT2D eigenvalue weighted by molar-refractivity contribution is 0.340. The number of nitrogens with zero attached hydrogens (tertiary/aromatic N) is 2. The molecule has 0 unspecified atom stereocenters. The summed E-state index contributed by atoms with van der Waals surface area (Å²) in [5, 5.41) is 3.39. The van der Waals surface area contributed by atoms with Gasteiger partial charge in [0.2, 0.25) is 0 Å². The van der Waals surface area contributed by atoms with Gasteiger partial charge in [0.1, 0.15) is 5.75 Å². The Hall–Kier alpha value is -3.79. The molecule has 0 bridgehead atoms. The number of benzene rings is 3. The molecule has 4 nitrogen and oxygen atoms in total. The van der Waals surface area contributed by atoms with Crippen molar-refractivity contribution in [2.75, 3.05) is 11.9 Å². The van der Waals surface area contributed by atoms with Crippen LogP contribution >= 0.6 is 0 Å². The van der Waals surface area contributed by atoms with Crippen molar-refractivity contribution in [3.8, 4) is 11.4 Å². The van der Waals surface area contributed by atoms with E-state index < -0.39 is 0 Å². The van der Waals surface area contributed by atoms with Gasteiger partial charge in [-0.25, -0.2) is 0 Å². The molecule has 1 heterocycles. The fourth-order valence-corrected chi connectivity index (χ4v) is 3.64. The Labute approximate surface area is 183 Å². The first-order chi connectivity index (χ1) is 15.1. The Morgan fingerprint density at radius 1 is 0.871 bits per heavy atom. The molecule has 1 aromatic heterocycles. The molecule has 4 aromatic rings. The molecule has 4 heteroatoms. The predicted octanol–water partition coefficient (Wildman–Crippen LogP) is 6.99. The molecule has 4 rings (SSSR count). The Morgan fingerprint density at radius 3 is 2.23 bits per heavy atom. The van der Waals surface area contributed by atoms with E-state index in [1.54, 1.807) is 0 Å². The lowest BCUT2D eigenvalue weighted by Crippen LogP contribution is -2.00. The third kappa shape index (κ3) is 4.86. The fourth-order valence-electron chi connectivity index (χ4n) is 3.64. The Morgan fingerprint density at radius 2 is 1.55 bits per heavy atom. The van der Waals surface area contributed by atoms with Crippen LogP contribution < -0.4 is 10.1 Å². The zero-order valence-corrected chi connectivity index (χ0v) is 18.2. The third-order valence-electron chi connectivity index (χ3n) is 5.16. The molecule has 0 fully saturated rings. The molecule has 0 atom stereocenters. The molecule has 0 amide bonds. The Kier molecular flexibility index (Phi) is 6.18. The van der Waals surface area contributed by atoms with E-state index in [2.05, 4.69) is 46.9 Å². The summed E-state index contributed by atoms with van der Waals surface area (Å²) in [5.74, 6) is 0.890. The van der Waals surface area contributed by atoms with Crippen LogP contribution in [0, 0.1) is 13.8 Å². The standard InChI is InChI=1S/C27H27N3O/c1-4-31-27-16-14-26(15-17-27)30-20(2)18-22(21(30)3)19-28-23-10-12-25(13-11-23)29-24-8-6-5-7-9-24/h5-19,29H,4H2,1-3H3. The van der Waals surface area contributed by atoms with Gasteiger partial charge in [0.05, 0.1) is 12.3 Å². The fraction of sp³-hybridized carbons (Fsp3) is 0.148. The molecule has 0 aliphatic heterocycles. The predicted molar refractivity (Wildman–Crippen MR) is 130 cm³/mol. The molecule has 0 spiro atoms. The van der Waals surface area contributed by atoms with E-state index in [4.69, 9.17) is 4.74 Å². The maximum absolute atomic E-state index is 5.56. The van der Waals surface area contributed by atoms with Crippen LogP contribution in [0.2, 0.25) is 0 Å². The second-order valence-electron chi connectivity index (χ2n) is 7.38. The molecule has 31 heavy (non-hydrogen) atoms. The van der Waals surface area contributed by atoms with Crippen molar-refractivity contribution in [1.29, 1.82) is 0 Å². The highest BCUT2D eigenvalue weighted by atomic mass is 16.5. The molecule has 0 saturated carbocycles. The number of aryl methyl sites for hydroxylation is 1. The van der Waals surface area contributed by atoms with Crippen LogP contribution in [0.1, 0.15) is 23.9 Å². The van der Waals surface area contributed by atoms with Gasteiger partial charge in [-0.3, -0.25) is 4.99 Å². The van der Waals surface area contributed by atoms with Gasteiger partial charge in [0.15, 0.2) is 0 Å². The van der Waals surface area contributed by atoms with Crippen molar-refractivity contribution >= 4 is 23.3 Å². The summed E-state index contributed by atoms with van der Waals surface area (Å²) in [6.07, 6.45) is 1.94. The second-order valence-corrected chi connectivity index (χ2v) is 7.38. The maximum atomic E-state index is 5.56. The number of aliphatic imine (C=N–C) groups is 1. The van der Waals surface area contributed by atoms with Gasteiger partial charge in [-0.1, -0.05) is 18.2 Å². The van der Waals surface area contributed by atoms with E-state index in [0.717, 1.165) is 39.8 Å². The quantitative estimate of drug-likeness (QED) is 0.334. The number of ether oxygens (including phenoxy) is 1. The number of rotatable bonds is 7. The average Bonchev–Trinajstić information content (AvgIpc) is 3.08. The molecule has 0 radical (unpaired) electrons. The van der Waals surface area contributed by atoms with Crippen LogP contribution in [0.4, 0.5) is 17.1 Å². The van der Waals surface area contributed by atoms with E-state index in [1.165, 1.54) is 5.69 Å². The number of para-hydroxylation sites is 1. The summed E-state index contributed by atoms with van der Waals surface area (Å²) < 4.78 is 7.80. The van der Waals surface area contributed by atoms with Crippen molar-refractivity contribution in [3.63, 3.8) is 0 Å². The van der Waals surface area contributed by atoms with Crippen molar-refractivity contribution in [3.05, 3.63) is 102 Å². The molecular weight excluding hydrogens is 382 g/mol. The van der Waals surface area contributed by atoms with Gasteiger partial charge >= 0.3 is 0 Å². The highest BCUT2D eigenvalue weighted by Crippen LogP contribution is 2.24. The molecular formula is C27H27N3O. The summed E-state index contributed by atoms with van der Waals surface area (Å²) in [5.41, 5.74) is 7.59. The molecule has 1 N–H and O–H groups in total. The maximum Gasteiger partial charge on any atom is 0.119 e. The molecule has 0 aliphatic carbocycles. The monoisotopic (exact) mass is 409 g/mol. The highest BCUT2D eigenvalue weighted by molar-refractivity contribution is 5.84. The largest absolute Gasteiger partial charge is 0.494 e. The molecule has 0 saturated heterocycles. The van der Waals surface area contributed by atoms with Gasteiger partial charge in [-0.15, -0.1) is 0 Å². The van der Waals surface area contributed by atoms with Gasteiger partial charge < -0.3 is 14.6 Å². The topological polar surface area (TPSA) is 38.5 Å². The second kappa shape index (κ2) is 9.35. The van der Waals surface area contributed by atoms with Crippen molar-refractivity contribution in [1.82, 2.24) is 4.57 Å². The first-order valence-corrected chi connectivity index (χ1v) is 10.5. The van der Waals surface area contributed by atoms with E-state index in [9.17, 15) is 0 Å². The van der Waals surface area contributed by atoms with Crippen LogP contribution in [0.3, 0.4) is 0 Å².